The molecular weight excluding hydrogens is 266 g/mol. The van der Waals surface area contributed by atoms with Gasteiger partial charge in [0, 0.05) is 5.75 Å². The van der Waals surface area contributed by atoms with Crippen LogP contribution in [0.1, 0.15) is 44.9 Å². The standard InChI is InChI=1S/C13H22O4S.H3N/c14-12(1-2-18(15,16)17)13-6-9-3-10(7-13)5-11(4-9)8-13;/h9-12,14H,1-8H2,(H,15,16,17);1H3. The summed E-state index contributed by atoms with van der Waals surface area (Å²) in [5.41, 5.74) is -0.0700. The van der Waals surface area contributed by atoms with Crippen LogP contribution in [0.15, 0.2) is 0 Å². The maximum Gasteiger partial charge on any atom is 0.0946 e. The molecule has 4 fully saturated rings. The average Bonchev–Trinajstić information content (AvgIpc) is 2.22. The quantitative estimate of drug-likeness (QED) is 0.769. The lowest BCUT2D eigenvalue weighted by Gasteiger charge is -2.58. The van der Waals surface area contributed by atoms with Crippen molar-refractivity contribution in [3.8, 4) is 0 Å². The third-order valence-electron chi connectivity index (χ3n) is 5.43. The van der Waals surface area contributed by atoms with Crippen LogP contribution in [-0.2, 0) is 10.1 Å². The van der Waals surface area contributed by atoms with Gasteiger partial charge in [0.05, 0.1) is 16.2 Å². The van der Waals surface area contributed by atoms with E-state index < -0.39 is 22.0 Å². The largest absolute Gasteiger partial charge is 0.748 e. The first-order chi connectivity index (χ1) is 8.36. The molecule has 112 valence electrons. The molecule has 0 amide bonds. The summed E-state index contributed by atoms with van der Waals surface area (Å²) in [4.78, 5) is 0. The summed E-state index contributed by atoms with van der Waals surface area (Å²) in [5.74, 6) is 1.77. The zero-order valence-corrected chi connectivity index (χ0v) is 12.4. The Bertz CT molecular complexity index is 399. The van der Waals surface area contributed by atoms with E-state index in [4.69, 9.17) is 0 Å². The fraction of sp³-hybridized carbons (Fsp3) is 1.00. The van der Waals surface area contributed by atoms with E-state index in [2.05, 4.69) is 0 Å². The highest BCUT2D eigenvalue weighted by atomic mass is 32.2. The minimum Gasteiger partial charge on any atom is -0.748 e. The van der Waals surface area contributed by atoms with E-state index in [0.29, 0.717) is 0 Å². The topological polar surface area (TPSA) is 114 Å². The molecule has 5 nitrogen and oxygen atoms in total. The van der Waals surface area contributed by atoms with Gasteiger partial charge in [0.25, 0.3) is 0 Å². The molecule has 0 aromatic heterocycles. The number of aliphatic hydroxyl groups is 1. The van der Waals surface area contributed by atoms with E-state index in [-0.39, 0.29) is 18.0 Å². The third-order valence-corrected chi connectivity index (χ3v) is 6.17. The fourth-order valence-corrected chi connectivity index (χ4v) is 5.66. The fourth-order valence-electron chi connectivity index (χ4n) is 5.15. The molecule has 4 aliphatic rings. The van der Waals surface area contributed by atoms with E-state index in [1.807, 2.05) is 0 Å². The Hall–Kier alpha value is -0.170. The molecule has 1 atom stereocenters. The molecule has 0 spiro atoms. The van der Waals surface area contributed by atoms with Crippen LogP contribution in [0.2, 0.25) is 0 Å². The molecule has 4 rings (SSSR count). The maximum atomic E-state index is 10.7. The lowest BCUT2D eigenvalue weighted by atomic mass is 9.48. The molecule has 1 unspecified atom stereocenters. The van der Waals surface area contributed by atoms with Crippen LogP contribution in [-0.4, -0.2) is 29.9 Å². The molecule has 0 aromatic carbocycles. The predicted octanol–water partition coefficient (Wildman–Crippen LogP) is 1.88. The van der Waals surface area contributed by atoms with E-state index >= 15 is 0 Å². The first kappa shape index (κ1) is 15.2. The minimum atomic E-state index is -4.20. The molecular formula is C13H25NO4S. The maximum absolute atomic E-state index is 10.7. The van der Waals surface area contributed by atoms with Gasteiger partial charge in [0.15, 0.2) is 0 Å². The molecule has 0 heterocycles. The monoisotopic (exact) mass is 291 g/mol. The second kappa shape index (κ2) is 4.98. The Morgan fingerprint density at radius 3 is 1.89 bits per heavy atom. The molecule has 19 heavy (non-hydrogen) atoms. The van der Waals surface area contributed by atoms with Gasteiger partial charge in [-0.25, -0.2) is 8.42 Å². The van der Waals surface area contributed by atoms with E-state index in [9.17, 15) is 18.1 Å². The number of aliphatic hydroxyl groups excluding tert-OH is 1. The van der Waals surface area contributed by atoms with Crippen LogP contribution >= 0.6 is 0 Å². The van der Waals surface area contributed by atoms with Gasteiger partial charge < -0.3 is 15.8 Å². The molecule has 0 aromatic rings. The second-order valence-corrected chi connectivity index (χ2v) is 8.37. The highest BCUT2D eigenvalue weighted by Crippen LogP contribution is 2.61. The van der Waals surface area contributed by atoms with Crippen LogP contribution in [0.4, 0.5) is 0 Å². The second-order valence-electron chi connectivity index (χ2n) is 6.85. The van der Waals surface area contributed by atoms with Gasteiger partial charge >= 0.3 is 0 Å². The van der Waals surface area contributed by atoms with Crippen molar-refractivity contribution in [2.75, 3.05) is 5.75 Å². The highest BCUT2D eigenvalue weighted by Gasteiger charge is 2.53. The van der Waals surface area contributed by atoms with Crippen LogP contribution in [0, 0.1) is 23.2 Å². The van der Waals surface area contributed by atoms with Crippen molar-refractivity contribution in [1.29, 1.82) is 0 Å². The minimum absolute atomic E-state index is 0. The van der Waals surface area contributed by atoms with Gasteiger partial charge in [-0.3, -0.25) is 0 Å². The van der Waals surface area contributed by atoms with Crippen molar-refractivity contribution >= 4 is 10.1 Å². The van der Waals surface area contributed by atoms with Crippen LogP contribution in [0.25, 0.3) is 0 Å². The number of hydrogen-bond acceptors (Lipinski definition) is 4. The highest BCUT2D eigenvalue weighted by molar-refractivity contribution is 7.85. The Labute approximate surface area is 115 Å². The number of quaternary nitrogens is 1. The van der Waals surface area contributed by atoms with Crippen molar-refractivity contribution in [1.82, 2.24) is 6.15 Å². The Kier molecular flexibility index (Phi) is 3.99. The first-order valence-corrected chi connectivity index (χ1v) is 8.56. The molecule has 0 radical (unpaired) electrons. The van der Waals surface area contributed by atoms with E-state index in [0.717, 1.165) is 37.0 Å². The summed E-state index contributed by atoms with van der Waals surface area (Å²) in [6.07, 6.45) is 6.54. The Balaban J connectivity index is 0.00000133. The van der Waals surface area contributed by atoms with E-state index in [1.54, 1.807) is 0 Å². The number of hydrogen-bond donors (Lipinski definition) is 2. The van der Waals surface area contributed by atoms with Crippen molar-refractivity contribution in [3.63, 3.8) is 0 Å². The van der Waals surface area contributed by atoms with Crippen molar-refractivity contribution in [2.24, 2.45) is 23.2 Å². The summed E-state index contributed by atoms with van der Waals surface area (Å²) in [5, 5.41) is 10.4. The van der Waals surface area contributed by atoms with Crippen molar-refractivity contribution in [3.05, 3.63) is 0 Å². The molecule has 4 aliphatic carbocycles. The summed E-state index contributed by atoms with van der Waals surface area (Å²) < 4.78 is 32.1. The van der Waals surface area contributed by atoms with Gasteiger partial charge in [-0.2, -0.15) is 0 Å². The Morgan fingerprint density at radius 1 is 1.11 bits per heavy atom. The molecule has 6 heteroatoms. The van der Waals surface area contributed by atoms with Gasteiger partial charge in [-0.15, -0.1) is 0 Å². The van der Waals surface area contributed by atoms with E-state index in [1.165, 1.54) is 19.3 Å². The van der Waals surface area contributed by atoms with Gasteiger partial charge in [0.1, 0.15) is 0 Å². The normalized spacial score (nSPS) is 41.9. The zero-order chi connectivity index (χ0) is 13.0. The predicted molar refractivity (Wildman–Crippen MR) is 71.8 cm³/mol. The van der Waals surface area contributed by atoms with Gasteiger partial charge in [-0.05, 0) is 68.1 Å². The van der Waals surface area contributed by atoms with Crippen LogP contribution < -0.4 is 6.15 Å². The van der Waals surface area contributed by atoms with Gasteiger partial charge in [0.2, 0.25) is 0 Å². The molecule has 5 N–H and O–H groups in total. The Morgan fingerprint density at radius 2 is 1.53 bits per heavy atom. The molecule has 0 aliphatic heterocycles. The molecule has 0 saturated heterocycles. The van der Waals surface area contributed by atoms with Gasteiger partial charge in [-0.1, -0.05) is 0 Å². The van der Waals surface area contributed by atoms with Crippen LogP contribution in [0.5, 0.6) is 0 Å². The van der Waals surface area contributed by atoms with Crippen LogP contribution in [0.3, 0.4) is 0 Å². The average molecular weight is 291 g/mol. The lowest BCUT2D eigenvalue weighted by Crippen LogP contribution is -2.52. The summed E-state index contributed by atoms with van der Waals surface area (Å²) in [7, 11) is -4.20. The molecule has 4 bridgehead atoms. The van der Waals surface area contributed by atoms with Crippen molar-refractivity contribution in [2.45, 2.75) is 51.0 Å². The SMILES string of the molecule is O=S(=O)([O-])CCC(O)C12CC3CC(CC(C3)C1)C2.[NH4+]. The first-order valence-electron chi connectivity index (χ1n) is 6.98. The van der Waals surface area contributed by atoms with Crippen molar-refractivity contribution < 1.29 is 18.1 Å². The number of rotatable bonds is 4. The lowest BCUT2D eigenvalue weighted by molar-refractivity contribution is -0.120. The molecule has 4 saturated carbocycles. The third kappa shape index (κ3) is 2.96. The summed E-state index contributed by atoms with van der Waals surface area (Å²) in [6.45, 7) is 0. The zero-order valence-electron chi connectivity index (χ0n) is 11.5. The summed E-state index contributed by atoms with van der Waals surface area (Å²) >= 11 is 0. The smallest absolute Gasteiger partial charge is 0.0946 e. The summed E-state index contributed by atoms with van der Waals surface area (Å²) in [6, 6.07) is 0.